The summed E-state index contributed by atoms with van der Waals surface area (Å²) in [6, 6.07) is 25.5. The first-order chi connectivity index (χ1) is 20.1. The fraction of sp³-hybridized carbons (Fsp3) is 0.212. The molecule has 0 radical (unpaired) electrons. The smallest absolute Gasteiger partial charge is 0.228 e. The summed E-state index contributed by atoms with van der Waals surface area (Å²) in [6.45, 7) is 3.94. The van der Waals surface area contributed by atoms with E-state index >= 15 is 0 Å². The molecular weight excluding hydrogens is 512 g/mol. The van der Waals surface area contributed by atoms with Gasteiger partial charge in [-0.15, -0.1) is 0 Å². The maximum atomic E-state index is 12.9. The lowest BCUT2D eigenvalue weighted by atomic mass is 10.0. The Kier molecular flexibility index (Phi) is 7.82. The third-order valence-corrected chi connectivity index (χ3v) is 7.22. The Balaban J connectivity index is 1.28. The van der Waals surface area contributed by atoms with E-state index in [0.29, 0.717) is 30.0 Å². The van der Waals surface area contributed by atoms with Crippen LogP contribution < -0.4 is 20.7 Å². The summed E-state index contributed by atoms with van der Waals surface area (Å²) in [5.41, 5.74) is 4.14. The zero-order valence-corrected chi connectivity index (χ0v) is 22.9. The highest BCUT2D eigenvalue weighted by molar-refractivity contribution is 6.05. The van der Waals surface area contributed by atoms with Gasteiger partial charge in [0.2, 0.25) is 17.7 Å². The first kappa shape index (κ1) is 26.4. The van der Waals surface area contributed by atoms with Crippen LogP contribution in [0.15, 0.2) is 91.3 Å². The summed E-state index contributed by atoms with van der Waals surface area (Å²) in [5.74, 6) is 1.65. The van der Waals surface area contributed by atoms with Crippen LogP contribution in [0.5, 0.6) is 11.6 Å². The van der Waals surface area contributed by atoms with Gasteiger partial charge in [0.25, 0.3) is 0 Å². The van der Waals surface area contributed by atoms with Gasteiger partial charge in [0.05, 0.1) is 17.7 Å². The lowest BCUT2D eigenvalue weighted by molar-refractivity contribution is -0.115. The second kappa shape index (κ2) is 12.1. The molecule has 0 saturated carbocycles. The number of fused-ring (bicyclic) bond motifs is 1. The molecule has 206 valence electrons. The summed E-state index contributed by atoms with van der Waals surface area (Å²) in [4.78, 5) is 26.7. The highest BCUT2D eigenvalue weighted by Crippen LogP contribution is 2.38. The van der Waals surface area contributed by atoms with Crippen LogP contribution in [0.3, 0.4) is 0 Å². The molecular formula is C33H32N6O2. The third-order valence-electron chi connectivity index (χ3n) is 7.22. The van der Waals surface area contributed by atoms with Gasteiger partial charge >= 0.3 is 0 Å². The number of hydrogen-bond donors (Lipinski definition) is 3. The number of benzene rings is 3. The molecule has 8 heteroatoms. The Morgan fingerprint density at radius 3 is 2.71 bits per heavy atom. The van der Waals surface area contributed by atoms with Gasteiger partial charge in [0.1, 0.15) is 5.75 Å². The van der Waals surface area contributed by atoms with Crippen LogP contribution in [-0.2, 0) is 11.2 Å². The Bertz CT molecular complexity index is 1670. The Labute approximate surface area is 239 Å². The van der Waals surface area contributed by atoms with Crippen LogP contribution >= 0.6 is 0 Å². The first-order valence-electron chi connectivity index (χ1n) is 13.9. The number of carbonyl (C=O) groups is 1. The van der Waals surface area contributed by atoms with Gasteiger partial charge in [-0.3, -0.25) is 4.79 Å². The van der Waals surface area contributed by atoms with Crippen molar-refractivity contribution in [3.8, 4) is 22.9 Å². The molecule has 0 bridgehead atoms. The normalized spacial score (nSPS) is 14.9. The number of piperidine rings is 1. The van der Waals surface area contributed by atoms with Gasteiger partial charge in [-0.1, -0.05) is 54.6 Å². The largest absolute Gasteiger partial charge is 0.437 e. The molecule has 1 aliphatic rings. The number of ether oxygens (including phenoxy) is 1. The Hall–Kier alpha value is -4.82. The molecule has 0 unspecified atom stereocenters. The molecule has 41 heavy (non-hydrogen) atoms. The molecule has 1 aliphatic heterocycles. The van der Waals surface area contributed by atoms with Gasteiger partial charge in [-0.25, -0.2) is 15.0 Å². The number of aromatic nitrogens is 3. The predicted molar refractivity (Wildman–Crippen MR) is 162 cm³/mol. The van der Waals surface area contributed by atoms with Crippen molar-refractivity contribution in [3.05, 3.63) is 102 Å². The SMILES string of the molecule is Cc1ccc2c(NC(=O)Cc3ccccc3)cccc2c1Oc1ncccc1-c1ccnc(N[C@H]2CCCNC2)n1. The monoisotopic (exact) mass is 544 g/mol. The van der Waals surface area contributed by atoms with Crippen LogP contribution in [0.1, 0.15) is 24.0 Å². The predicted octanol–water partition coefficient (Wildman–Crippen LogP) is 6.14. The number of rotatable bonds is 8. The molecule has 0 spiro atoms. The minimum Gasteiger partial charge on any atom is -0.437 e. The molecule has 2 aromatic heterocycles. The van der Waals surface area contributed by atoms with E-state index < -0.39 is 0 Å². The molecule has 1 atom stereocenters. The first-order valence-corrected chi connectivity index (χ1v) is 13.9. The molecule has 1 saturated heterocycles. The average molecular weight is 545 g/mol. The van der Waals surface area contributed by atoms with E-state index in [4.69, 9.17) is 9.72 Å². The van der Waals surface area contributed by atoms with Crippen molar-refractivity contribution in [2.45, 2.75) is 32.2 Å². The number of anilines is 2. The van der Waals surface area contributed by atoms with Gasteiger partial charge in [0, 0.05) is 41.4 Å². The second-order valence-corrected chi connectivity index (χ2v) is 10.2. The number of carbonyl (C=O) groups excluding carboxylic acids is 1. The molecule has 1 amide bonds. The minimum absolute atomic E-state index is 0.0732. The van der Waals surface area contributed by atoms with E-state index in [1.807, 2.05) is 85.8 Å². The standard InChI is InChI=1S/C33H32N6O2/c1-22-14-15-25-26(11-5-13-28(25)38-30(40)20-23-8-3-2-4-9-23)31(22)41-32-27(12-7-18-35-32)29-16-19-36-33(39-29)37-24-10-6-17-34-21-24/h2-5,7-9,11-16,18-19,24,34H,6,10,17,20-21H2,1H3,(H,38,40)(H,36,37,39)/t24-/m0/s1. The fourth-order valence-electron chi connectivity index (χ4n) is 5.16. The number of amides is 1. The average Bonchev–Trinajstić information content (AvgIpc) is 3.00. The van der Waals surface area contributed by atoms with E-state index in [-0.39, 0.29) is 5.91 Å². The van der Waals surface area contributed by atoms with Gasteiger partial charge in [0.15, 0.2) is 0 Å². The second-order valence-electron chi connectivity index (χ2n) is 10.2. The van der Waals surface area contributed by atoms with E-state index in [1.54, 1.807) is 12.4 Å². The van der Waals surface area contributed by atoms with E-state index in [9.17, 15) is 4.79 Å². The topological polar surface area (TPSA) is 101 Å². The number of nitrogens with one attached hydrogen (secondary N) is 3. The molecule has 1 fully saturated rings. The van der Waals surface area contributed by atoms with Gasteiger partial charge in [-0.05, 0) is 61.7 Å². The highest BCUT2D eigenvalue weighted by atomic mass is 16.5. The van der Waals surface area contributed by atoms with E-state index in [0.717, 1.165) is 64.8 Å². The van der Waals surface area contributed by atoms with Gasteiger partial charge < -0.3 is 20.7 Å². The van der Waals surface area contributed by atoms with Crippen LogP contribution in [0.25, 0.3) is 22.0 Å². The van der Waals surface area contributed by atoms with Crippen molar-refractivity contribution in [2.24, 2.45) is 0 Å². The third kappa shape index (κ3) is 6.18. The molecule has 3 aromatic carbocycles. The van der Waals surface area contributed by atoms with E-state index in [1.165, 1.54) is 0 Å². The summed E-state index contributed by atoms with van der Waals surface area (Å²) < 4.78 is 6.54. The minimum atomic E-state index is -0.0732. The van der Waals surface area contributed by atoms with Crippen LogP contribution in [-0.4, -0.2) is 40.0 Å². The summed E-state index contributed by atoms with van der Waals surface area (Å²) in [5, 5.41) is 11.7. The lowest BCUT2D eigenvalue weighted by Gasteiger charge is -2.23. The zero-order chi connectivity index (χ0) is 28.0. The molecule has 6 rings (SSSR count). The highest BCUT2D eigenvalue weighted by Gasteiger charge is 2.18. The fourth-order valence-corrected chi connectivity index (χ4v) is 5.16. The molecule has 3 heterocycles. The zero-order valence-electron chi connectivity index (χ0n) is 22.9. The quantitative estimate of drug-likeness (QED) is 0.216. The number of hydrogen-bond acceptors (Lipinski definition) is 7. The Morgan fingerprint density at radius 2 is 1.85 bits per heavy atom. The molecule has 0 aliphatic carbocycles. The summed E-state index contributed by atoms with van der Waals surface area (Å²) in [6.07, 6.45) is 5.97. The maximum Gasteiger partial charge on any atom is 0.228 e. The van der Waals surface area contributed by atoms with Crippen molar-refractivity contribution >= 4 is 28.3 Å². The molecule has 8 nitrogen and oxygen atoms in total. The maximum absolute atomic E-state index is 12.9. The van der Waals surface area contributed by atoms with Crippen molar-refractivity contribution in [3.63, 3.8) is 0 Å². The van der Waals surface area contributed by atoms with Crippen LogP contribution in [0.4, 0.5) is 11.6 Å². The van der Waals surface area contributed by atoms with Crippen molar-refractivity contribution < 1.29 is 9.53 Å². The molecule has 5 aromatic rings. The Morgan fingerprint density at radius 1 is 0.951 bits per heavy atom. The number of aryl methyl sites for hydroxylation is 1. The van der Waals surface area contributed by atoms with Crippen LogP contribution in [0.2, 0.25) is 0 Å². The van der Waals surface area contributed by atoms with Gasteiger partial charge in [-0.2, -0.15) is 0 Å². The van der Waals surface area contributed by atoms with Crippen molar-refractivity contribution in [1.82, 2.24) is 20.3 Å². The van der Waals surface area contributed by atoms with Crippen molar-refractivity contribution in [1.29, 1.82) is 0 Å². The summed E-state index contributed by atoms with van der Waals surface area (Å²) >= 11 is 0. The molecule has 3 N–H and O–H groups in total. The van der Waals surface area contributed by atoms with E-state index in [2.05, 4.69) is 25.9 Å². The number of pyridine rings is 1. The van der Waals surface area contributed by atoms with Crippen LogP contribution in [0, 0.1) is 6.92 Å². The lowest BCUT2D eigenvalue weighted by Crippen LogP contribution is -2.38. The summed E-state index contributed by atoms with van der Waals surface area (Å²) in [7, 11) is 0. The number of nitrogens with zero attached hydrogens (tertiary/aromatic N) is 3. The van der Waals surface area contributed by atoms with Crippen molar-refractivity contribution in [2.75, 3.05) is 23.7 Å².